The van der Waals surface area contributed by atoms with E-state index in [4.69, 9.17) is 0 Å². The molecule has 0 aliphatic rings. The number of anilines is 1. The summed E-state index contributed by atoms with van der Waals surface area (Å²) in [6, 6.07) is 7.31. The summed E-state index contributed by atoms with van der Waals surface area (Å²) in [6.07, 6.45) is 3.44. The average molecular weight is 272 g/mol. The summed E-state index contributed by atoms with van der Waals surface area (Å²) in [6.45, 7) is 6.09. The molecular weight excluding hydrogens is 252 g/mol. The smallest absolute Gasteiger partial charge is 0.319 e. The third kappa shape index (κ3) is 3.60. The molecule has 2 rings (SSSR count). The Morgan fingerprint density at radius 1 is 1.25 bits per heavy atom. The van der Waals surface area contributed by atoms with E-state index in [-0.39, 0.29) is 18.0 Å². The highest BCUT2D eigenvalue weighted by Crippen LogP contribution is 2.18. The van der Waals surface area contributed by atoms with Gasteiger partial charge < -0.3 is 15.6 Å². The highest BCUT2D eigenvalue weighted by atomic mass is 16.2. The topological polar surface area (TPSA) is 69.8 Å². The second kappa shape index (κ2) is 6.23. The number of aromatic nitrogens is 2. The SMILES string of the molecule is Cc1ccc(NC(=O)N[C@H](c2ncc[nH]2)C(C)C)cc1. The molecule has 3 N–H and O–H groups in total. The summed E-state index contributed by atoms with van der Waals surface area (Å²) in [7, 11) is 0. The number of benzene rings is 1. The molecule has 0 unspecified atom stereocenters. The lowest BCUT2D eigenvalue weighted by molar-refractivity contribution is 0.244. The van der Waals surface area contributed by atoms with Crippen LogP contribution in [-0.2, 0) is 0 Å². The Hall–Kier alpha value is -2.30. The van der Waals surface area contributed by atoms with Crippen molar-refractivity contribution < 1.29 is 4.79 Å². The van der Waals surface area contributed by atoms with E-state index in [1.807, 2.05) is 45.0 Å². The number of aryl methyl sites for hydroxylation is 1. The van der Waals surface area contributed by atoms with Crippen LogP contribution in [0.15, 0.2) is 36.7 Å². The molecule has 0 saturated heterocycles. The molecule has 5 nitrogen and oxygen atoms in total. The summed E-state index contributed by atoms with van der Waals surface area (Å²) in [5.74, 6) is 1.00. The van der Waals surface area contributed by atoms with Gasteiger partial charge in [0.2, 0.25) is 0 Å². The number of aromatic amines is 1. The molecule has 1 heterocycles. The van der Waals surface area contributed by atoms with Crippen LogP contribution in [0.5, 0.6) is 0 Å². The average Bonchev–Trinajstić information content (AvgIpc) is 2.92. The molecule has 106 valence electrons. The third-order valence-corrected chi connectivity index (χ3v) is 3.08. The number of imidazole rings is 1. The minimum Gasteiger partial charge on any atom is -0.347 e. The monoisotopic (exact) mass is 272 g/mol. The van der Waals surface area contributed by atoms with Gasteiger partial charge in [0.15, 0.2) is 0 Å². The van der Waals surface area contributed by atoms with E-state index in [9.17, 15) is 4.79 Å². The second-order valence-electron chi connectivity index (χ2n) is 5.16. The van der Waals surface area contributed by atoms with Crippen molar-refractivity contribution in [2.24, 2.45) is 5.92 Å². The Kier molecular flexibility index (Phi) is 4.40. The molecule has 2 aromatic rings. The summed E-state index contributed by atoms with van der Waals surface area (Å²) < 4.78 is 0. The molecule has 1 aromatic heterocycles. The van der Waals surface area contributed by atoms with E-state index in [1.165, 1.54) is 0 Å². The van der Waals surface area contributed by atoms with Crippen LogP contribution in [0.25, 0.3) is 0 Å². The number of H-pyrrole nitrogens is 1. The first-order valence-electron chi connectivity index (χ1n) is 6.69. The van der Waals surface area contributed by atoms with Gasteiger partial charge in [0.1, 0.15) is 5.82 Å². The van der Waals surface area contributed by atoms with Crippen molar-refractivity contribution in [1.82, 2.24) is 15.3 Å². The van der Waals surface area contributed by atoms with Crippen LogP contribution in [0.4, 0.5) is 10.5 Å². The van der Waals surface area contributed by atoms with Gasteiger partial charge in [-0.05, 0) is 25.0 Å². The number of amides is 2. The van der Waals surface area contributed by atoms with E-state index in [0.29, 0.717) is 0 Å². The fourth-order valence-corrected chi connectivity index (χ4v) is 1.94. The van der Waals surface area contributed by atoms with Crippen LogP contribution in [0.3, 0.4) is 0 Å². The van der Waals surface area contributed by atoms with Gasteiger partial charge in [0, 0.05) is 18.1 Å². The highest BCUT2D eigenvalue weighted by Gasteiger charge is 2.20. The summed E-state index contributed by atoms with van der Waals surface area (Å²) in [5, 5.41) is 5.76. The third-order valence-electron chi connectivity index (χ3n) is 3.08. The zero-order valence-corrected chi connectivity index (χ0v) is 12.0. The molecule has 0 fully saturated rings. The van der Waals surface area contributed by atoms with Gasteiger partial charge in [0.25, 0.3) is 0 Å². The first kappa shape index (κ1) is 14.1. The van der Waals surface area contributed by atoms with Crippen LogP contribution >= 0.6 is 0 Å². The number of hydrogen-bond donors (Lipinski definition) is 3. The standard InChI is InChI=1S/C15H20N4O/c1-10(2)13(14-16-8-9-17-14)19-15(20)18-12-6-4-11(3)5-7-12/h4-10,13H,1-3H3,(H,16,17)(H2,18,19,20)/t13-/m0/s1. The molecule has 2 amide bonds. The maximum Gasteiger partial charge on any atom is 0.319 e. The highest BCUT2D eigenvalue weighted by molar-refractivity contribution is 5.89. The van der Waals surface area contributed by atoms with E-state index in [1.54, 1.807) is 12.4 Å². The number of carbonyl (C=O) groups is 1. The van der Waals surface area contributed by atoms with Crippen molar-refractivity contribution in [3.8, 4) is 0 Å². The van der Waals surface area contributed by atoms with Crippen molar-refractivity contribution in [3.05, 3.63) is 48.0 Å². The van der Waals surface area contributed by atoms with Crippen LogP contribution in [0.1, 0.15) is 31.3 Å². The maximum absolute atomic E-state index is 12.0. The first-order chi connectivity index (χ1) is 9.56. The number of hydrogen-bond acceptors (Lipinski definition) is 2. The molecule has 20 heavy (non-hydrogen) atoms. The van der Waals surface area contributed by atoms with Gasteiger partial charge in [0.05, 0.1) is 6.04 Å². The molecular formula is C15H20N4O. The summed E-state index contributed by atoms with van der Waals surface area (Å²) in [4.78, 5) is 19.3. The molecule has 5 heteroatoms. The zero-order chi connectivity index (χ0) is 14.5. The minimum atomic E-state index is -0.232. The fraction of sp³-hybridized carbons (Fsp3) is 0.333. The lowest BCUT2D eigenvalue weighted by Gasteiger charge is -2.20. The Labute approximate surface area is 118 Å². The van der Waals surface area contributed by atoms with Gasteiger partial charge in [-0.2, -0.15) is 0 Å². The molecule has 1 aromatic carbocycles. The van der Waals surface area contributed by atoms with Gasteiger partial charge in [-0.15, -0.1) is 0 Å². The number of nitrogens with zero attached hydrogens (tertiary/aromatic N) is 1. The quantitative estimate of drug-likeness (QED) is 0.799. The summed E-state index contributed by atoms with van der Waals surface area (Å²) >= 11 is 0. The molecule has 0 aliphatic heterocycles. The Morgan fingerprint density at radius 2 is 1.95 bits per heavy atom. The normalized spacial score (nSPS) is 12.2. The predicted molar refractivity (Wildman–Crippen MR) is 79.5 cm³/mol. The van der Waals surface area contributed by atoms with Gasteiger partial charge in [-0.25, -0.2) is 9.78 Å². The van der Waals surface area contributed by atoms with Crippen LogP contribution in [0, 0.1) is 12.8 Å². The molecule has 0 spiro atoms. The predicted octanol–water partition coefficient (Wildman–Crippen LogP) is 3.24. The maximum atomic E-state index is 12.0. The molecule has 1 atom stereocenters. The molecule has 0 bridgehead atoms. The first-order valence-corrected chi connectivity index (χ1v) is 6.69. The van der Waals surface area contributed by atoms with E-state index in [0.717, 1.165) is 17.1 Å². The Morgan fingerprint density at radius 3 is 2.50 bits per heavy atom. The summed E-state index contributed by atoms with van der Waals surface area (Å²) in [5.41, 5.74) is 1.93. The van der Waals surface area contributed by atoms with E-state index in [2.05, 4.69) is 20.6 Å². The van der Waals surface area contributed by atoms with Gasteiger partial charge in [-0.3, -0.25) is 0 Å². The van der Waals surface area contributed by atoms with Gasteiger partial charge in [-0.1, -0.05) is 31.5 Å². The largest absolute Gasteiger partial charge is 0.347 e. The van der Waals surface area contributed by atoms with Crippen molar-refractivity contribution in [3.63, 3.8) is 0 Å². The molecule has 0 saturated carbocycles. The molecule has 0 radical (unpaired) electrons. The Bertz CT molecular complexity index is 546. The van der Waals surface area contributed by atoms with Gasteiger partial charge >= 0.3 is 6.03 Å². The van der Waals surface area contributed by atoms with Crippen molar-refractivity contribution in [2.75, 3.05) is 5.32 Å². The van der Waals surface area contributed by atoms with Crippen molar-refractivity contribution >= 4 is 11.7 Å². The number of carbonyl (C=O) groups excluding carboxylic acids is 1. The number of nitrogens with one attached hydrogen (secondary N) is 3. The van der Waals surface area contributed by atoms with Crippen LogP contribution < -0.4 is 10.6 Å². The van der Waals surface area contributed by atoms with Crippen LogP contribution in [-0.4, -0.2) is 16.0 Å². The zero-order valence-electron chi connectivity index (χ0n) is 12.0. The Balaban J connectivity index is 2.00. The molecule has 0 aliphatic carbocycles. The van der Waals surface area contributed by atoms with E-state index < -0.39 is 0 Å². The lowest BCUT2D eigenvalue weighted by atomic mass is 10.0. The number of urea groups is 1. The second-order valence-corrected chi connectivity index (χ2v) is 5.16. The lowest BCUT2D eigenvalue weighted by Crippen LogP contribution is -2.35. The van der Waals surface area contributed by atoms with Crippen molar-refractivity contribution in [1.29, 1.82) is 0 Å². The minimum absolute atomic E-state index is 0.143. The van der Waals surface area contributed by atoms with E-state index >= 15 is 0 Å². The van der Waals surface area contributed by atoms with Crippen molar-refractivity contribution in [2.45, 2.75) is 26.8 Å². The fourth-order valence-electron chi connectivity index (χ4n) is 1.94. The number of rotatable bonds is 4. The van der Waals surface area contributed by atoms with Crippen LogP contribution in [0.2, 0.25) is 0 Å².